The van der Waals surface area contributed by atoms with Crippen molar-refractivity contribution in [3.63, 3.8) is 0 Å². The molecule has 0 bridgehead atoms. The van der Waals surface area contributed by atoms with Gasteiger partial charge < -0.3 is 15.2 Å². The highest BCUT2D eigenvalue weighted by Crippen LogP contribution is 2.29. The summed E-state index contributed by atoms with van der Waals surface area (Å²) < 4.78 is 1.16. The lowest BCUT2D eigenvalue weighted by molar-refractivity contribution is 0.102. The van der Waals surface area contributed by atoms with Gasteiger partial charge in [-0.2, -0.15) is 0 Å². The van der Waals surface area contributed by atoms with Crippen molar-refractivity contribution >= 4 is 39.3 Å². The lowest BCUT2D eigenvalue weighted by atomic mass is 10.1. The molecule has 3 aromatic rings. The number of benzene rings is 1. The van der Waals surface area contributed by atoms with Gasteiger partial charge in [-0.3, -0.25) is 19.5 Å². The number of H-pyrrole nitrogens is 1. The zero-order valence-corrected chi connectivity index (χ0v) is 20.5. The maximum atomic E-state index is 12.8. The van der Waals surface area contributed by atoms with Crippen molar-refractivity contribution < 1.29 is 9.59 Å². The molecule has 0 unspecified atom stereocenters. The molecule has 34 heavy (non-hydrogen) atoms. The number of fused-ring (bicyclic) bond motifs is 2. The van der Waals surface area contributed by atoms with E-state index in [0.717, 1.165) is 15.1 Å². The topological polar surface area (TPSA) is 129 Å². The number of anilines is 1. The van der Waals surface area contributed by atoms with Crippen LogP contribution in [0.5, 0.6) is 0 Å². The van der Waals surface area contributed by atoms with Crippen LogP contribution in [0.15, 0.2) is 27.8 Å². The first-order valence-corrected chi connectivity index (χ1v) is 12.0. The molecule has 2 aromatic heterocycles. The van der Waals surface area contributed by atoms with E-state index in [1.165, 1.54) is 17.4 Å². The average molecular weight is 485 g/mol. The van der Waals surface area contributed by atoms with Crippen molar-refractivity contribution in [1.82, 2.24) is 24.8 Å². The standard InChI is InChI=1S/C23H28N6O4S/c1-5-9-29-19(31)14-7-6-13(11-16(14)25-21(29)32)18(30)26-20-24-15-8-10-28(12-17(15)34-20)22(33)27-23(2,3)4/h6-7,11H,5,8-10,12H2,1-4H3,(H,25,32)(H,27,33)(H,24,26,30). The molecule has 1 aromatic carbocycles. The van der Waals surface area contributed by atoms with Crippen molar-refractivity contribution in [1.29, 1.82) is 0 Å². The first-order valence-electron chi connectivity index (χ1n) is 11.2. The maximum absolute atomic E-state index is 12.8. The number of nitrogens with one attached hydrogen (secondary N) is 3. The third-order valence-corrected chi connectivity index (χ3v) is 6.41. The molecule has 10 nitrogen and oxygen atoms in total. The molecule has 3 heterocycles. The first-order chi connectivity index (χ1) is 16.1. The number of rotatable bonds is 4. The van der Waals surface area contributed by atoms with Gasteiger partial charge in [0.25, 0.3) is 11.5 Å². The number of urea groups is 1. The first kappa shape index (κ1) is 23.7. The third kappa shape index (κ3) is 4.89. The van der Waals surface area contributed by atoms with Gasteiger partial charge in [0.2, 0.25) is 0 Å². The average Bonchev–Trinajstić information content (AvgIpc) is 3.16. The van der Waals surface area contributed by atoms with Gasteiger partial charge in [0, 0.05) is 35.5 Å². The molecule has 3 N–H and O–H groups in total. The summed E-state index contributed by atoms with van der Waals surface area (Å²) in [4.78, 5) is 60.0. The number of aromatic nitrogens is 3. The molecule has 180 valence electrons. The van der Waals surface area contributed by atoms with Crippen LogP contribution in [0.1, 0.15) is 55.0 Å². The summed E-state index contributed by atoms with van der Waals surface area (Å²) in [5, 5.41) is 6.56. The normalized spacial score (nSPS) is 13.6. The Morgan fingerprint density at radius 2 is 2.00 bits per heavy atom. The third-order valence-electron chi connectivity index (χ3n) is 5.41. The predicted octanol–water partition coefficient (Wildman–Crippen LogP) is 2.67. The lowest BCUT2D eigenvalue weighted by Crippen LogP contribution is -2.49. The molecule has 1 aliphatic heterocycles. The highest BCUT2D eigenvalue weighted by molar-refractivity contribution is 7.15. The number of amides is 3. The fourth-order valence-electron chi connectivity index (χ4n) is 3.81. The van der Waals surface area contributed by atoms with Crippen molar-refractivity contribution in [2.75, 3.05) is 11.9 Å². The van der Waals surface area contributed by atoms with Gasteiger partial charge >= 0.3 is 11.7 Å². The summed E-state index contributed by atoms with van der Waals surface area (Å²) in [6.45, 7) is 9.01. The summed E-state index contributed by atoms with van der Waals surface area (Å²) in [7, 11) is 0. The van der Waals surface area contributed by atoms with Crippen molar-refractivity contribution in [3.8, 4) is 0 Å². The highest BCUT2D eigenvalue weighted by Gasteiger charge is 2.26. The van der Waals surface area contributed by atoms with Crippen LogP contribution in [0.25, 0.3) is 10.9 Å². The molecule has 0 spiro atoms. The molecule has 11 heteroatoms. The minimum absolute atomic E-state index is 0.125. The summed E-state index contributed by atoms with van der Waals surface area (Å²) in [5.74, 6) is -0.395. The smallest absolute Gasteiger partial charge is 0.328 e. The van der Waals surface area contributed by atoms with Crippen LogP contribution in [-0.2, 0) is 19.5 Å². The van der Waals surface area contributed by atoms with Gasteiger partial charge in [0.1, 0.15) is 0 Å². The zero-order chi connectivity index (χ0) is 24.6. The van der Waals surface area contributed by atoms with Crippen molar-refractivity contribution in [2.24, 2.45) is 0 Å². The molecule has 4 rings (SSSR count). The van der Waals surface area contributed by atoms with Crippen LogP contribution in [0, 0.1) is 0 Å². The molecule has 0 aliphatic carbocycles. The number of carbonyl (C=O) groups excluding carboxylic acids is 2. The Balaban J connectivity index is 1.51. The van der Waals surface area contributed by atoms with E-state index in [4.69, 9.17) is 0 Å². The second-order valence-electron chi connectivity index (χ2n) is 9.34. The van der Waals surface area contributed by atoms with Gasteiger partial charge in [-0.25, -0.2) is 14.6 Å². The number of thiazole rings is 1. The molecular formula is C23H28N6O4S. The van der Waals surface area contributed by atoms with Crippen LogP contribution in [0.3, 0.4) is 0 Å². The van der Waals surface area contributed by atoms with E-state index in [0.29, 0.717) is 54.1 Å². The predicted molar refractivity (Wildman–Crippen MR) is 132 cm³/mol. The number of hydrogen-bond donors (Lipinski definition) is 3. The number of nitrogens with zero attached hydrogens (tertiary/aromatic N) is 3. The van der Waals surface area contributed by atoms with E-state index in [-0.39, 0.29) is 17.1 Å². The van der Waals surface area contributed by atoms with Gasteiger partial charge in [-0.05, 0) is 45.4 Å². The Morgan fingerprint density at radius 3 is 2.71 bits per heavy atom. The van der Waals surface area contributed by atoms with Gasteiger partial charge in [0.15, 0.2) is 5.13 Å². The fraction of sp³-hybridized carbons (Fsp3) is 0.435. The monoisotopic (exact) mass is 484 g/mol. The van der Waals surface area contributed by atoms with E-state index in [9.17, 15) is 19.2 Å². The van der Waals surface area contributed by atoms with Gasteiger partial charge in [-0.15, -0.1) is 0 Å². The summed E-state index contributed by atoms with van der Waals surface area (Å²) >= 11 is 1.34. The van der Waals surface area contributed by atoms with Gasteiger partial charge in [-0.1, -0.05) is 18.3 Å². The Hall–Kier alpha value is -3.47. The van der Waals surface area contributed by atoms with E-state index in [2.05, 4.69) is 20.6 Å². The summed E-state index contributed by atoms with van der Waals surface area (Å²) in [6.07, 6.45) is 1.27. The molecule has 0 saturated heterocycles. The van der Waals surface area contributed by atoms with Crippen LogP contribution in [-0.4, -0.2) is 43.5 Å². The Kier molecular flexibility index (Phi) is 6.30. The van der Waals surface area contributed by atoms with Gasteiger partial charge in [0.05, 0.1) is 23.1 Å². The summed E-state index contributed by atoms with van der Waals surface area (Å²) in [5.41, 5.74) is 0.297. The Morgan fingerprint density at radius 1 is 1.24 bits per heavy atom. The quantitative estimate of drug-likeness (QED) is 0.524. The van der Waals surface area contributed by atoms with Crippen LogP contribution in [0.2, 0.25) is 0 Å². The molecular weight excluding hydrogens is 456 g/mol. The largest absolute Gasteiger partial charge is 0.333 e. The number of carbonyl (C=O) groups is 2. The number of aromatic amines is 1. The van der Waals surface area contributed by atoms with Crippen molar-refractivity contribution in [3.05, 3.63) is 55.2 Å². The zero-order valence-electron chi connectivity index (χ0n) is 19.7. The minimum Gasteiger partial charge on any atom is -0.333 e. The maximum Gasteiger partial charge on any atom is 0.328 e. The molecule has 0 radical (unpaired) electrons. The van der Waals surface area contributed by atoms with E-state index >= 15 is 0 Å². The number of hydrogen-bond acceptors (Lipinski definition) is 6. The van der Waals surface area contributed by atoms with E-state index in [1.807, 2.05) is 27.7 Å². The second kappa shape index (κ2) is 9.05. The van der Waals surface area contributed by atoms with Crippen LogP contribution >= 0.6 is 11.3 Å². The minimum atomic E-state index is -0.496. The Labute approximate surface area is 200 Å². The molecule has 1 aliphatic rings. The molecule has 0 atom stereocenters. The second-order valence-corrected chi connectivity index (χ2v) is 10.4. The van der Waals surface area contributed by atoms with Crippen LogP contribution < -0.4 is 21.9 Å². The van der Waals surface area contributed by atoms with Crippen LogP contribution in [0.4, 0.5) is 9.93 Å². The Bertz CT molecular complexity index is 1380. The highest BCUT2D eigenvalue weighted by atomic mass is 32.1. The SMILES string of the molecule is CCCn1c(=O)[nH]c2cc(C(=O)Nc3nc4c(s3)CN(C(=O)NC(C)(C)C)CC4)ccc2c1=O. The lowest BCUT2D eigenvalue weighted by Gasteiger charge is -2.30. The van der Waals surface area contributed by atoms with Crippen molar-refractivity contribution in [2.45, 2.75) is 59.2 Å². The molecule has 0 saturated carbocycles. The van der Waals surface area contributed by atoms with E-state index < -0.39 is 11.6 Å². The molecule has 0 fully saturated rings. The summed E-state index contributed by atoms with van der Waals surface area (Å²) in [6, 6.07) is 4.48. The van der Waals surface area contributed by atoms with E-state index in [1.54, 1.807) is 17.0 Å². The fourth-order valence-corrected chi connectivity index (χ4v) is 4.83. The molecule has 3 amide bonds.